The maximum Gasteiger partial charge on any atom is 0.326 e. The van der Waals surface area contributed by atoms with E-state index in [1.54, 1.807) is 0 Å². The molecule has 0 radical (unpaired) electrons. The van der Waals surface area contributed by atoms with Gasteiger partial charge in [0.1, 0.15) is 36.3 Å². The van der Waals surface area contributed by atoms with Crippen LogP contribution in [0.5, 0.6) is 0 Å². The molecule has 0 aliphatic heterocycles. The summed E-state index contributed by atoms with van der Waals surface area (Å²) in [6.07, 6.45) is -6.70. The van der Waals surface area contributed by atoms with Crippen molar-refractivity contribution in [2.45, 2.75) is 87.2 Å². The molecule has 0 saturated heterocycles. The molecule has 0 saturated carbocycles. The van der Waals surface area contributed by atoms with E-state index in [1.165, 1.54) is 0 Å². The van der Waals surface area contributed by atoms with Gasteiger partial charge in [0.05, 0.1) is 51.0 Å². The molecule has 29 heteroatoms. The van der Waals surface area contributed by atoms with Crippen LogP contribution >= 0.6 is 0 Å². The molecule has 13 amide bonds. The fraction of sp³-hybridized carbons (Fsp3) is 0.500. The van der Waals surface area contributed by atoms with E-state index < -0.39 is 170 Å². The van der Waals surface area contributed by atoms with E-state index in [2.05, 4.69) is 0 Å². The molecule has 23 N–H and O–H groups in total. The SMILES string of the molecule is NC(=O)C[C@H](NC(=O)[C@H](CC(N)=O)NC(=O)[C@H](CC(N)=O)NC(=O)[C@H](CC(N)=O)NC(=O)[C@H](CC(N)=O)NC(=O)[C@H](CC(N)=O)NC(=O)[C@@H](N)CC(N)=O)C(=O)O. The van der Waals surface area contributed by atoms with Crippen molar-refractivity contribution in [3.05, 3.63) is 0 Å². The highest BCUT2D eigenvalue weighted by Gasteiger charge is 2.36. The quantitative estimate of drug-likeness (QED) is 0.0366. The number of nitrogens with two attached hydrogens (primary N) is 8. The first-order valence-corrected chi connectivity index (χ1v) is 16.0. The maximum absolute atomic E-state index is 13.3. The van der Waals surface area contributed by atoms with Crippen LogP contribution in [-0.2, 0) is 67.1 Å². The highest BCUT2D eigenvalue weighted by molar-refractivity contribution is 6.01. The van der Waals surface area contributed by atoms with Crippen LogP contribution in [0.15, 0.2) is 0 Å². The van der Waals surface area contributed by atoms with Crippen LogP contribution in [0.25, 0.3) is 0 Å². The largest absolute Gasteiger partial charge is 0.480 e. The molecular formula is C28H44N14O15. The van der Waals surface area contributed by atoms with Crippen LogP contribution in [0.3, 0.4) is 0 Å². The Labute approximate surface area is 320 Å². The van der Waals surface area contributed by atoms with E-state index in [-0.39, 0.29) is 0 Å². The van der Waals surface area contributed by atoms with Gasteiger partial charge >= 0.3 is 5.97 Å². The summed E-state index contributed by atoms with van der Waals surface area (Å²) in [5.74, 6) is -18.4. The Morgan fingerprint density at radius 3 is 0.684 bits per heavy atom. The van der Waals surface area contributed by atoms with E-state index in [0.717, 1.165) is 0 Å². The number of primary amides is 7. The Balaban J connectivity index is 6.42. The molecule has 0 aromatic rings. The first-order chi connectivity index (χ1) is 26.2. The number of carbonyl (C=O) groups is 14. The van der Waals surface area contributed by atoms with Gasteiger partial charge in [-0.3, -0.25) is 62.3 Å². The summed E-state index contributed by atoms with van der Waals surface area (Å²) in [5, 5.41) is 21.0. The normalized spacial score (nSPS) is 14.2. The fourth-order valence-corrected chi connectivity index (χ4v) is 4.40. The second-order valence-corrected chi connectivity index (χ2v) is 12.0. The summed E-state index contributed by atoms with van der Waals surface area (Å²) in [6, 6.07) is -13.6. The number of carboxylic acid groups (broad SMARTS) is 1. The summed E-state index contributed by atoms with van der Waals surface area (Å²) in [4.78, 5) is 171. The van der Waals surface area contributed by atoms with Gasteiger partial charge in [-0.1, -0.05) is 0 Å². The lowest BCUT2D eigenvalue weighted by molar-refractivity contribution is -0.144. The third-order valence-electron chi connectivity index (χ3n) is 6.97. The number of nitrogens with one attached hydrogen (secondary N) is 6. The molecule has 0 fully saturated rings. The van der Waals surface area contributed by atoms with Gasteiger partial charge in [0, 0.05) is 0 Å². The molecule has 29 nitrogen and oxygen atoms in total. The van der Waals surface area contributed by atoms with Crippen molar-refractivity contribution in [2.75, 3.05) is 0 Å². The summed E-state index contributed by atoms with van der Waals surface area (Å²) in [6.45, 7) is 0. The topological polar surface area (TPSA) is 540 Å². The molecule has 0 rings (SSSR count). The minimum Gasteiger partial charge on any atom is -0.480 e. The zero-order chi connectivity index (χ0) is 44.3. The second-order valence-electron chi connectivity index (χ2n) is 12.0. The third kappa shape index (κ3) is 20.0. The molecule has 7 atom stereocenters. The van der Waals surface area contributed by atoms with Crippen molar-refractivity contribution in [1.82, 2.24) is 31.9 Å². The smallest absolute Gasteiger partial charge is 0.326 e. The third-order valence-corrected chi connectivity index (χ3v) is 6.97. The van der Waals surface area contributed by atoms with Crippen LogP contribution in [0.4, 0.5) is 0 Å². The second kappa shape index (κ2) is 23.4. The predicted molar refractivity (Wildman–Crippen MR) is 184 cm³/mol. The van der Waals surface area contributed by atoms with E-state index in [9.17, 15) is 72.2 Å². The molecule has 0 spiro atoms. The highest BCUT2D eigenvalue weighted by Crippen LogP contribution is 2.05. The van der Waals surface area contributed by atoms with Crippen LogP contribution in [0.2, 0.25) is 0 Å². The Morgan fingerprint density at radius 1 is 0.316 bits per heavy atom. The van der Waals surface area contributed by atoms with Crippen LogP contribution in [0.1, 0.15) is 44.9 Å². The van der Waals surface area contributed by atoms with Crippen molar-refractivity contribution in [3.63, 3.8) is 0 Å². The van der Waals surface area contributed by atoms with Crippen molar-refractivity contribution < 1.29 is 72.2 Å². The number of carbonyl (C=O) groups excluding carboxylic acids is 13. The summed E-state index contributed by atoms with van der Waals surface area (Å²) in [7, 11) is 0. The van der Waals surface area contributed by atoms with Gasteiger partial charge < -0.3 is 82.9 Å². The maximum atomic E-state index is 13.3. The molecule has 0 heterocycles. The Hall–Kier alpha value is -7.46. The standard InChI is InChI=1S/C28H44N14O15/c29-8(1-15(30)43)22(50)37-9(2-16(31)44)23(51)38-10(3-17(32)45)24(52)39-11(4-18(33)46)25(53)40-12(5-19(34)47)26(54)41-13(6-20(35)48)27(55)42-14(28(56)57)7-21(36)49/h8-14H,1-7,29H2,(H2,30,43)(H2,31,44)(H2,32,45)(H2,33,46)(H2,34,47)(H2,35,48)(H2,36,49)(H,37,50)(H,38,51)(H,39,52)(H,40,53)(H,41,54)(H,42,55)(H,56,57)/t8-,9-,10-,11-,12-,13-,14-/m0/s1. The first-order valence-electron chi connectivity index (χ1n) is 16.0. The average Bonchev–Trinajstić information content (AvgIpc) is 3.04. The molecular weight excluding hydrogens is 772 g/mol. The van der Waals surface area contributed by atoms with Crippen LogP contribution < -0.4 is 77.8 Å². The minimum absolute atomic E-state index is 0.691. The lowest BCUT2D eigenvalue weighted by Crippen LogP contribution is -2.61. The summed E-state index contributed by atoms with van der Waals surface area (Å²) < 4.78 is 0. The number of amides is 13. The number of hydrogen-bond acceptors (Lipinski definition) is 15. The Kier molecular flexibility index (Phi) is 20.3. The molecule has 0 aromatic heterocycles. The van der Waals surface area contributed by atoms with Gasteiger partial charge in [0.15, 0.2) is 0 Å². The lowest BCUT2D eigenvalue weighted by atomic mass is 10.1. The van der Waals surface area contributed by atoms with Crippen molar-refractivity contribution >= 4 is 82.8 Å². The minimum atomic E-state index is -2.09. The zero-order valence-electron chi connectivity index (χ0n) is 29.8. The molecule has 0 bridgehead atoms. The van der Waals surface area contributed by atoms with Gasteiger partial charge in [-0.15, -0.1) is 0 Å². The highest BCUT2D eigenvalue weighted by atomic mass is 16.4. The van der Waals surface area contributed by atoms with Crippen molar-refractivity contribution in [1.29, 1.82) is 0 Å². The number of carboxylic acids is 1. The summed E-state index contributed by atoms with van der Waals surface area (Å²) >= 11 is 0. The predicted octanol–water partition coefficient (Wildman–Crippen LogP) is -11.6. The molecule has 0 aliphatic carbocycles. The van der Waals surface area contributed by atoms with Gasteiger partial charge in [0.2, 0.25) is 76.8 Å². The lowest BCUT2D eigenvalue weighted by Gasteiger charge is -2.26. The monoisotopic (exact) mass is 816 g/mol. The van der Waals surface area contributed by atoms with E-state index in [1.807, 2.05) is 31.9 Å². The molecule has 0 unspecified atom stereocenters. The van der Waals surface area contributed by atoms with E-state index in [4.69, 9.17) is 45.9 Å². The van der Waals surface area contributed by atoms with Gasteiger partial charge in [0.25, 0.3) is 0 Å². The summed E-state index contributed by atoms with van der Waals surface area (Å²) in [5.41, 5.74) is 41.3. The Bertz CT molecular complexity index is 1650. The van der Waals surface area contributed by atoms with Crippen LogP contribution in [-0.4, -0.2) is 130 Å². The zero-order valence-corrected chi connectivity index (χ0v) is 29.8. The van der Waals surface area contributed by atoms with E-state index >= 15 is 0 Å². The fourth-order valence-electron chi connectivity index (χ4n) is 4.40. The average molecular weight is 817 g/mol. The molecule has 0 aliphatic rings. The molecule has 57 heavy (non-hydrogen) atoms. The van der Waals surface area contributed by atoms with Crippen molar-refractivity contribution in [2.24, 2.45) is 45.9 Å². The van der Waals surface area contributed by atoms with E-state index in [0.29, 0.717) is 0 Å². The number of rotatable bonds is 27. The molecule has 0 aromatic carbocycles. The number of hydrogen-bond donors (Lipinski definition) is 15. The van der Waals surface area contributed by atoms with Gasteiger partial charge in [-0.05, 0) is 0 Å². The van der Waals surface area contributed by atoms with Crippen LogP contribution in [0, 0.1) is 0 Å². The van der Waals surface area contributed by atoms with Gasteiger partial charge in [-0.2, -0.15) is 0 Å². The van der Waals surface area contributed by atoms with Gasteiger partial charge in [-0.25, -0.2) is 4.79 Å². The first kappa shape index (κ1) is 49.5. The molecule has 316 valence electrons. The van der Waals surface area contributed by atoms with Crippen molar-refractivity contribution in [3.8, 4) is 0 Å². The Morgan fingerprint density at radius 2 is 0.491 bits per heavy atom. The number of aliphatic carboxylic acids is 1.